The van der Waals surface area contributed by atoms with Crippen LogP contribution in [0.3, 0.4) is 0 Å². The summed E-state index contributed by atoms with van der Waals surface area (Å²) in [7, 11) is 0. The second-order valence-corrected chi connectivity index (χ2v) is 4.52. The molecule has 0 unspecified atom stereocenters. The van der Waals surface area contributed by atoms with Crippen molar-refractivity contribution in [1.29, 1.82) is 0 Å². The van der Waals surface area contributed by atoms with E-state index in [0.717, 1.165) is 5.56 Å². The number of hydrogen-bond donors (Lipinski definition) is 0. The van der Waals surface area contributed by atoms with E-state index in [9.17, 15) is 13.2 Å². The Kier molecular flexibility index (Phi) is 8.03. The van der Waals surface area contributed by atoms with E-state index in [2.05, 4.69) is 16.6 Å². The van der Waals surface area contributed by atoms with Crippen molar-refractivity contribution >= 4 is 11.6 Å². The van der Waals surface area contributed by atoms with E-state index in [1.165, 1.54) is 0 Å². The lowest BCUT2D eigenvalue weighted by molar-refractivity contribution is -0.174. The lowest BCUT2D eigenvalue weighted by Gasteiger charge is -2.08. The van der Waals surface area contributed by atoms with Gasteiger partial charge in [0, 0.05) is 24.3 Å². The zero-order valence-electron chi connectivity index (χ0n) is 11.4. The molecule has 116 valence electrons. The third-order valence-corrected chi connectivity index (χ3v) is 2.44. The molecule has 0 aliphatic carbocycles. The molecule has 6 heteroatoms. The van der Waals surface area contributed by atoms with E-state index in [1.54, 1.807) is 18.2 Å². The highest BCUT2D eigenvalue weighted by Gasteiger charge is 2.27. The number of halogens is 4. The van der Waals surface area contributed by atoms with E-state index < -0.39 is 12.8 Å². The van der Waals surface area contributed by atoms with E-state index >= 15 is 0 Å². The first-order valence-electron chi connectivity index (χ1n) is 6.43. The van der Waals surface area contributed by atoms with Gasteiger partial charge in [-0.2, -0.15) is 13.2 Å². The van der Waals surface area contributed by atoms with E-state index in [0.29, 0.717) is 24.5 Å². The molecule has 1 rings (SSSR count). The van der Waals surface area contributed by atoms with Crippen LogP contribution in [0.15, 0.2) is 24.3 Å². The highest BCUT2D eigenvalue weighted by molar-refractivity contribution is 6.18. The fourth-order valence-electron chi connectivity index (χ4n) is 1.41. The van der Waals surface area contributed by atoms with Crippen LogP contribution in [-0.4, -0.2) is 31.9 Å². The first-order valence-corrected chi connectivity index (χ1v) is 6.97. The molecular formula is C15H16ClF3O2. The number of benzene rings is 1. The third-order valence-electron chi connectivity index (χ3n) is 2.25. The van der Waals surface area contributed by atoms with Crippen LogP contribution in [0.1, 0.15) is 18.4 Å². The molecular weight excluding hydrogens is 305 g/mol. The average Bonchev–Trinajstić information content (AvgIpc) is 2.42. The SMILES string of the molecule is FC(F)(F)COCCCOc1cccc(C#CCCCl)c1. The quantitative estimate of drug-likeness (QED) is 0.429. The summed E-state index contributed by atoms with van der Waals surface area (Å²) in [5.74, 6) is 6.98. The molecule has 0 saturated heterocycles. The lowest BCUT2D eigenvalue weighted by atomic mass is 10.2. The standard InChI is InChI=1S/C15H16ClF3O2/c16-8-2-1-5-13-6-3-7-14(11-13)21-10-4-9-20-12-15(17,18)19/h3,6-7,11H,2,4,8-10,12H2. The lowest BCUT2D eigenvalue weighted by Crippen LogP contribution is -2.18. The molecule has 0 aliphatic rings. The number of ether oxygens (including phenoxy) is 2. The molecule has 2 nitrogen and oxygen atoms in total. The molecule has 0 N–H and O–H groups in total. The molecule has 0 aliphatic heterocycles. The normalized spacial score (nSPS) is 10.9. The van der Waals surface area contributed by atoms with Crippen LogP contribution in [0.4, 0.5) is 13.2 Å². The summed E-state index contributed by atoms with van der Waals surface area (Å²) >= 11 is 5.53. The molecule has 0 atom stereocenters. The van der Waals surface area contributed by atoms with Gasteiger partial charge in [0.05, 0.1) is 13.2 Å². The van der Waals surface area contributed by atoms with Gasteiger partial charge in [0.2, 0.25) is 0 Å². The molecule has 1 aromatic rings. The summed E-state index contributed by atoms with van der Waals surface area (Å²) in [6, 6.07) is 7.20. The topological polar surface area (TPSA) is 18.5 Å². The van der Waals surface area contributed by atoms with Crippen LogP contribution < -0.4 is 4.74 Å². The molecule has 0 fully saturated rings. The smallest absolute Gasteiger partial charge is 0.411 e. The third kappa shape index (κ3) is 9.22. The molecule has 21 heavy (non-hydrogen) atoms. The number of rotatable bonds is 7. The maximum absolute atomic E-state index is 11.8. The zero-order valence-corrected chi connectivity index (χ0v) is 12.1. The minimum absolute atomic E-state index is 0.00866. The van der Waals surface area contributed by atoms with Crippen molar-refractivity contribution in [2.45, 2.75) is 19.0 Å². The van der Waals surface area contributed by atoms with Crippen molar-refractivity contribution in [3.8, 4) is 17.6 Å². The average molecular weight is 321 g/mol. The van der Waals surface area contributed by atoms with Gasteiger partial charge in [-0.15, -0.1) is 11.6 Å². The molecule has 0 saturated carbocycles. The van der Waals surface area contributed by atoms with Gasteiger partial charge >= 0.3 is 6.18 Å². The number of hydrogen-bond acceptors (Lipinski definition) is 2. The van der Waals surface area contributed by atoms with Gasteiger partial charge in [-0.3, -0.25) is 0 Å². The number of alkyl halides is 4. The van der Waals surface area contributed by atoms with Crippen LogP contribution in [0.2, 0.25) is 0 Å². The predicted octanol–water partition coefficient (Wildman–Crippen LogP) is 4.01. The highest BCUT2D eigenvalue weighted by atomic mass is 35.5. The Hall–Kier alpha value is -1.38. The zero-order chi connectivity index (χ0) is 15.6. The van der Waals surface area contributed by atoms with E-state index in [-0.39, 0.29) is 13.2 Å². The summed E-state index contributed by atoms with van der Waals surface area (Å²) < 4.78 is 45.4. The van der Waals surface area contributed by atoms with Crippen molar-refractivity contribution in [2.24, 2.45) is 0 Å². The van der Waals surface area contributed by atoms with Gasteiger partial charge in [0.15, 0.2) is 0 Å². The first-order chi connectivity index (χ1) is 10.0. The second kappa shape index (κ2) is 9.54. The maximum Gasteiger partial charge on any atom is 0.411 e. The van der Waals surface area contributed by atoms with Gasteiger partial charge in [-0.1, -0.05) is 17.9 Å². The second-order valence-electron chi connectivity index (χ2n) is 4.14. The van der Waals surface area contributed by atoms with Gasteiger partial charge in [-0.25, -0.2) is 0 Å². The maximum atomic E-state index is 11.8. The van der Waals surface area contributed by atoms with Crippen LogP contribution in [0.25, 0.3) is 0 Å². The van der Waals surface area contributed by atoms with E-state index in [1.807, 2.05) is 6.07 Å². The van der Waals surface area contributed by atoms with E-state index in [4.69, 9.17) is 16.3 Å². The van der Waals surface area contributed by atoms with Crippen LogP contribution in [-0.2, 0) is 4.74 Å². The summed E-state index contributed by atoms with van der Waals surface area (Å²) in [4.78, 5) is 0. The summed E-state index contributed by atoms with van der Waals surface area (Å²) in [6.45, 7) is -0.927. The van der Waals surface area contributed by atoms with Crippen LogP contribution in [0.5, 0.6) is 5.75 Å². The minimum Gasteiger partial charge on any atom is -0.493 e. The molecule has 1 aromatic carbocycles. The Balaban J connectivity index is 2.26. The molecule has 0 spiro atoms. The monoisotopic (exact) mass is 320 g/mol. The molecule has 0 amide bonds. The van der Waals surface area contributed by atoms with Gasteiger partial charge in [-0.05, 0) is 18.2 Å². The molecule has 0 radical (unpaired) electrons. The predicted molar refractivity (Wildman–Crippen MR) is 75.6 cm³/mol. The summed E-state index contributed by atoms with van der Waals surface area (Å²) in [5, 5.41) is 0. The Morgan fingerprint density at radius 1 is 1.19 bits per heavy atom. The summed E-state index contributed by atoms with van der Waals surface area (Å²) in [6.07, 6.45) is -3.28. The van der Waals surface area contributed by atoms with Crippen molar-refractivity contribution in [3.63, 3.8) is 0 Å². The largest absolute Gasteiger partial charge is 0.493 e. The Bertz CT molecular complexity index is 478. The fourth-order valence-corrected chi connectivity index (χ4v) is 1.51. The van der Waals surface area contributed by atoms with Crippen molar-refractivity contribution < 1.29 is 22.6 Å². The Morgan fingerprint density at radius 3 is 2.71 bits per heavy atom. The first kappa shape index (κ1) is 17.7. The van der Waals surface area contributed by atoms with Gasteiger partial charge < -0.3 is 9.47 Å². The Morgan fingerprint density at radius 2 is 2.00 bits per heavy atom. The van der Waals surface area contributed by atoms with Crippen LogP contribution >= 0.6 is 11.6 Å². The Labute approximate surface area is 127 Å². The minimum atomic E-state index is -4.28. The molecule has 0 bridgehead atoms. The van der Waals surface area contributed by atoms with Gasteiger partial charge in [0.25, 0.3) is 0 Å². The summed E-state index contributed by atoms with van der Waals surface area (Å²) in [5.41, 5.74) is 0.811. The van der Waals surface area contributed by atoms with Gasteiger partial charge in [0.1, 0.15) is 12.4 Å². The molecule has 0 aromatic heterocycles. The van der Waals surface area contributed by atoms with Crippen molar-refractivity contribution in [3.05, 3.63) is 29.8 Å². The highest BCUT2D eigenvalue weighted by Crippen LogP contribution is 2.15. The fraction of sp³-hybridized carbons (Fsp3) is 0.467. The van der Waals surface area contributed by atoms with Crippen LogP contribution in [0, 0.1) is 11.8 Å². The van der Waals surface area contributed by atoms with Crippen molar-refractivity contribution in [2.75, 3.05) is 25.7 Å². The van der Waals surface area contributed by atoms with Crippen molar-refractivity contribution in [1.82, 2.24) is 0 Å². The molecule has 0 heterocycles.